The van der Waals surface area contributed by atoms with Crippen molar-refractivity contribution in [2.75, 3.05) is 25.0 Å². The molecule has 0 heterocycles. The van der Waals surface area contributed by atoms with Crippen LogP contribution in [0.15, 0.2) is 54.6 Å². The zero-order valence-corrected chi connectivity index (χ0v) is 13.5. The van der Waals surface area contributed by atoms with Gasteiger partial charge in [-0.05, 0) is 37.1 Å². The van der Waals surface area contributed by atoms with Gasteiger partial charge in [0.2, 0.25) is 5.91 Å². The molecule has 2 aromatic rings. The summed E-state index contributed by atoms with van der Waals surface area (Å²) in [5, 5.41) is 5.85. The topological polar surface area (TPSA) is 50.4 Å². The zero-order valence-electron chi connectivity index (χ0n) is 13.5. The van der Waals surface area contributed by atoms with Gasteiger partial charge in [-0.1, -0.05) is 43.3 Å². The van der Waals surface area contributed by atoms with Crippen molar-refractivity contribution >= 4 is 11.6 Å². The molecule has 2 rings (SSSR count). The molecule has 4 nitrogen and oxygen atoms in total. The Morgan fingerprint density at radius 2 is 1.91 bits per heavy atom. The maximum absolute atomic E-state index is 11.7. The van der Waals surface area contributed by atoms with Crippen LogP contribution in [0, 0.1) is 0 Å². The molecule has 0 aliphatic heterocycles. The summed E-state index contributed by atoms with van der Waals surface area (Å²) in [5.74, 6) is 0.729. The van der Waals surface area contributed by atoms with E-state index in [1.807, 2.05) is 37.3 Å². The van der Waals surface area contributed by atoms with Crippen LogP contribution in [0.1, 0.15) is 18.9 Å². The van der Waals surface area contributed by atoms with Gasteiger partial charge in [0.25, 0.3) is 0 Å². The highest BCUT2D eigenvalue weighted by Gasteiger charge is 2.02. The second kappa shape index (κ2) is 9.64. The quantitative estimate of drug-likeness (QED) is 0.699. The lowest BCUT2D eigenvalue weighted by Crippen LogP contribution is -2.27. The molecular weight excluding hydrogens is 288 g/mol. The number of rotatable bonds is 9. The van der Waals surface area contributed by atoms with Gasteiger partial charge in [-0.2, -0.15) is 0 Å². The summed E-state index contributed by atoms with van der Waals surface area (Å²) in [6.45, 7) is 3.72. The molecule has 0 saturated heterocycles. The standard InChI is InChI=1S/C19H24N2O2/c1-2-20-15-19(22)21-17-11-6-12-18(14-17)23-13-7-10-16-8-4-3-5-9-16/h3-6,8-9,11-12,14,20H,2,7,10,13,15H2,1H3,(H,21,22). The van der Waals surface area contributed by atoms with Crippen molar-refractivity contribution in [1.29, 1.82) is 0 Å². The Balaban J connectivity index is 1.75. The van der Waals surface area contributed by atoms with Gasteiger partial charge in [0.1, 0.15) is 5.75 Å². The first-order chi connectivity index (χ1) is 11.3. The van der Waals surface area contributed by atoms with Crippen LogP contribution >= 0.6 is 0 Å². The number of carbonyl (C=O) groups is 1. The average Bonchev–Trinajstić information content (AvgIpc) is 2.58. The Morgan fingerprint density at radius 1 is 1.09 bits per heavy atom. The van der Waals surface area contributed by atoms with Crippen LogP contribution in [-0.2, 0) is 11.2 Å². The SMILES string of the molecule is CCNCC(=O)Nc1cccc(OCCCc2ccccc2)c1. The van der Waals surface area contributed by atoms with Crippen molar-refractivity contribution in [3.8, 4) is 5.75 Å². The van der Waals surface area contributed by atoms with Crippen LogP contribution < -0.4 is 15.4 Å². The van der Waals surface area contributed by atoms with E-state index < -0.39 is 0 Å². The van der Waals surface area contributed by atoms with Crippen LogP contribution in [0.3, 0.4) is 0 Å². The van der Waals surface area contributed by atoms with Crippen LogP contribution in [-0.4, -0.2) is 25.6 Å². The van der Waals surface area contributed by atoms with Crippen LogP contribution in [0.5, 0.6) is 5.75 Å². The van der Waals surface area contributed by atoms with E-state index in [2.05, 4.69) is 34.9 Å². The highest BCUT2D eigenvalue weighted by atomic mass is 16.5. The second-order valence-corrected chi connectivity index (χ2v) is 5.29. The van der Waals surface area contributed by atoms with Crippen molar-refractivity contribution in [3.63, 3.8) is 0 Å². The Bertz CT molecular complexity index is 599. The fourth-order valence-corrected chi connectivity index (χ4v) is 2.22. The molecule has 0 atom stereocenters. The minimum absolute atomic E-state index is 0.0481. The van der Waals surface area contributed by atoms with Crippen molar-refractivity contribution in [3.05, 3.63) is 60.2 Å². The number of anilines is 1. The number of hydrogen-bond donors (Lipinski definition) is 2. The average molecular weight is 312 g/mol. The molecule has 2 aromatic carbocycles. The summed E-state index contributed by atoms with van der Waals surface area (Å²) in [5.41, 5.74) is 2.08. The number of hydrogen-bond acceptors (Lipinski definition) is 3. The number of carbonyl (C=O) groups excluding carboxylic acids is 1. The molecule has 4 heteroatoms. The number of aryl methyl sites for hydroxylation is 1. The fourth-order valence-electron chi connectivity index (χ4n) is 2.22. The van der Waals surface area contributed by atoms with E-state index in [0.29, 0.717) is 13.2 Å². The third-order valence-electron chi connectivity index (χ3n) is 3.37. The van der Waals surface area contributed by atoms with Gasteiger partial charge in [0.15, 0.2) is 0 Å². The first kappa shape index (κ1) is 17.0. The van der Waals surface area contributed by atoms with Gasteiger partial charge in [-0.25, -0.2) is 0 Å². The number of nitrogens with one attached hydrogen (secondary N) is 2. The number of amides is 1. The summed E-state index contributed by atoms with van der Waals surface area (Å²) >= 11 is 0. The van der Waals surface area contributed by atoms with E-state index >= 15 is 0 Å². The zero-order chi connectivity index (χ0) is 16.3. The monoisotopic (exact) mass is 312 g/mol. The van der Waals surface area contributed by atoms with Gasteiger partial charge in [0.05, 0.1) is 13.2 Å². The van der Waals surface area contributed by atoms with Gasteiger partial charge in [0, 0.05) is 11.8 Å². The summed E-state index contributed by atoms with van der Waals surface area (Å²) < 4.78 is 5.76. The summed E-state index contributed by atoms with van der Waals surface area (Å²) in [7, 11) is 0. The van der Waals surface area contributed by atoms with Crippen LogP contribution in [0.25, 0.3) is 0 Å². The lowest BCUT2D eigenvalue weighted by Gasteiger charge is -2.09. The molecule has 1 amide bonds. The van der Waals surface area contributed by atoms with Gasteiger partial charge in [-0.3, -0.25) is 4.79 Å². The van der Waals surface area contributed by atoms with Crippen molar-refractivity contribution in [1.82, 2.24) is 5.32 Å². The lowest BCUT2D eigenvalue weighted by molar-refractivity contribution is -0.115. The lowest BCUT2D eigenvalue weighted by atomic mass is 10.1. The molecule has 0 fully saturated rings. The molecule has 2 N–H and O–H groups in total. The molecule has 0 aliphatic carbocycles. The first-order valence-electron chi connectivity index (χ1n) is 8.05. The fraction of sp³-hybridized carbons (Fsp3) is 0.316. The predicted molar refractivity (Wildman–Crippen MR) is 93.9 cm³/mol. The first-order valence-corrected chi connectivity index (χ1v) is 8.05. The van der Waals surface area contributed by atoms with Crippen molar-refractivity contribution in [2.45, 2.75) is 19.8 Å². The molecule has 122 valence electrons. The Morgan fingerprint density at radius 3 is 2.70 bits per heavy atom. The Hall–Kier alpha value is -2.33. The minimum Gasteiger partial charge on any atom is -0.494 e. The van der Waals surface area contributed by atoms with Gasteiger partial charge in [-0.15, -0.1) is 0 Å². The van der Waals surface area contributed by atoms with E-state index in [0.717, 1.165) is 30.8 Å². The summed E-state index contributed by atoms with van der Waals surface area (Å²) in [4.78, 5) is 11.7. The molecular formula is C19H24N2O2. The Labute approximate surface area is 137 Å². The Kier molecular flexibility index (Phi) is 7.14. The van der Waals surface area contributed by atoms with Crippen LogP contribution in [0.2, 0.25) is 0 Å². The minimum atomic E-state index is -0.0481. The second-order valence-electron chi connectivity index (χ2n) is 5.29. The van der Waals surface area contributed by atoms with Gasteiger partial charge >= 0.3 is 0 Å². The smallest absolute Gasteiger partial charge is 0.238 e. The highest BCUT2D eigenvalue weighted by molar-refractivity contribution is 5.92. The predicted octanol–water partition coefficient (Wildman–Crippen LogP) is 3.25. The molecule has 0 aromatic heterocycles. The third-order valence-corrected chi connectivity index (χ3v) is 3.37. The number of likely N-dealkylation sites (N-methyl/N-ethyl adjacent to an activating group) is 1. The van der Waals surface area contributed by atoms with Crippen LogP contribution in [0.4, 0.5) is 5.69 Å². The van der Waals surface area contributed by atoms with Crippen molar-refractivity contribution < 1.29 is 9.53 Å². The van der Waals surface area contributed by atoms with E-state index in [4.69, 9.17) is 4.74 Å². The molecule has 0 unspecified atom stereocenters. The number of benzene rings is 2. The molecule has 0 saturated carbocycles. The van der Waals surface area contributed by atoms with Gasteiger partial charge < -0.3 is 15.4 Å². The van der Waals surface area contributed by atoms with E-state index in [1.165, 1.54) is 5.56 Å². The molecule has 0 spiro atoms. The molecule has 0 radical (unpaired) electrons. The van der Waals surface area contributed by atoms with E-state index in [-0.39, 0.29) is 5.91 Å². The van der Waals surface area contributed by atoms with E-state index in [1.54, 1.807) is 0 Å². The summed E-state index contributed by atoms with van der Waals surface area (Å²) in [6.07, 6.45) is 1.96. The molecule has 23 heavy (non-hydrogen) atoms. The maximum Gasteiger partial charge on any atom is 0.238 e. The summed E-state index contributed by atoms with van der Waals surface area (Å²) in [6, 6.07) is 17.9. The third kappa shape index (κ3) is 6.53. The maximum atomic E-state index is 11.7. The number of ether oxygens (including phenoxy) is 1. The highest BCUT2D eigenvalue weighted by Crippen LogP contribution is 2.17. The van der Waals surface area contributed by atoms with E-state index in [9.17, 15) is 4.79 Å². The normalized spacial score (nSPS) is 10.3. The molecule has 0 aliphatic rings. The van der Waals surface area contributed by atoms with Crippen molar-refractivity contribution in [2.24, 2.45) is 0 Å². The largest absolute Gasteiger partial charge is 0.494 e. The molecule has 0 bridgehead atoms.